The lowest BCUT2D eigenvalue weighted by atomic mass is 10.1. The lowest BCUT2D eigenvalue weighted by Gasteiger charge is -2.11. The Hall–Kier alpha value is -4.37. The summed E-state index contributed by atoms with van der Waals surface area (Å²) in [5, 5.41) is 18.9. The molecule has 184 valence electrons. The molecule has 10 heteroatoms. The van der Waals surface area contributed by atoms with Gasteiger partial charge in [0.1, 0.15) is 17.2 Å². The van der Waals surface area contributed by atoms with Gasteiger partial charge in [0.25, 0.3) is 11.6 Å². The van der Waals surface area contributed by atoms with Crippen LogP contribution in [0.2, 0.25) is 5.02 Å². The average molecular weight is 507 g/mol. The monoisotopic (exact) mass is 506 g/mol. The highest BCUT2D eigenvalue weighted by atomic mass is 35.5. The van der Waals surface area contributed by atoms with Gasteiger partial charge in [-0.05, 0) is 67.8 Å². The lowest BCUT2D eigenvalue weighted by Crippen LogP contribution is -2.14. The van der Waals surface area contributed by atoms with Gasteiger partial charge in [0.2, 0.25) is 0 Å². The van der Waals surface area contributed by atoms with E-state index < -0.39 is 10.8 Å². The van der Waals surface area contributed by atoms with Crippen molar-refractivity contribution in [3.8, 4) is 17.2 Å². The summed E-state index contributed by atoms with van der Waals surface area (Å²) in [5.74, 6) is 0.878. The molecule has 0 saturated carbocycles. The van der Waals surface area contributed by atoms with E-state index in [-0.39, 0.29) is 29.5 Å². The molecule has 0 aliphatic heterocycles. The van der Waals surface area contributed by atoms with Crippen LogP contribution in [0, 0.1) is 30.9 Å². The predicted octanol–water partition coefficient (Wildman–Crippen LogP) is 6.45. The molecule has 1 amide bonds. The first-order valence-electron chi connectivity index (χ1n) is 11.0. The van der Waals surface area contributed by atoms with Crippen molar-refractivity contribution in [1.29, 1.82) is 0 Å². The second kappa shape index (κ2) is 10.5. The number of amides is 1. The lowest BCUT2D eigenvalue weighted by molar-refractivity contribution is -0.384. The highest BCUT2D eigenvalue weighted by Crippen LogP contribution is 2.32. The van der Waals surface area contributed by atoms with Crippen LogP contribution in [0.5, 0.6) is 17.2 Å². The number of carbonyl (C=O) groups is 1. The summed E-state index contributed by atoms with van der Waals surface area (Å²) in [6, 6.07) is 16.5. The molecule has 9 nitrogen and oxygen atoms in total. The minimum Gasteiger partial charge on any atom is -0.471 e. The largest absolute Gasteiger partial charge is 0.471 e. The molecule has 3 aromatic carbocycles. The smallest absolute Gasteiger partial charge is 0.276 e. The number of aryl methyl sites for hydroxylation is 3. The van der Waals surface area contributed by atoms with E-state index in [0.717, 1.165) is 22.4 Å². The van der Waals surface area contributed by atoms with Crippen molar-refractivity contribution in [2.75, 3.05) is 5.32 Å². The number of rotatable bonds is 8. The Morgan fingerprint density at radius 3 is 2.58 bits per heavy atom. The van der Waals surface area contributed by atoms with Crippen LogP contribution < -0.4 is 14.8 Å². The van der Waals surface area contributed by atoms with E-state index in [9.17, 15) is 14.9 Å². The van der Waals surface area contributed by atoms with Crippen LogP contribution in [-0.2, 0) is 6.73 Å². The van der Waals surface area contributed by atoms with Crippen molar-refractivity contribution >= 4 is 28.9 Å². The topological polar surface area (TPSA) is 109 Å². The van der Waals surface area contributed by atoms with Gasteiger partial charge in [-0.25, -0.2) is 4.68 Å². The van der Waals surface area contributed by atoms with Crippen molar-refractivity contribution < 1.29 is 19.2 Å². The third-order valence-electron chi connectivity index (χ3n) is 5.29. The van der Waals surface area contributed by atoms with Crippen LogP contribution in [-0.4, -0.2) is 20.6 Å². The normalized spacial score (nSPS) is 10.7. The molecular weight excluding hydrogens is 484 g/mol. The Morgan fingerprint density at radius 2 is 1.83 bits per heavy atom. The summed E-state index contributed by atoms with van der Waals surface area (Å²) in [6.07, 6.45) is 1.62. The van der Waals surface area contributed by atoms with Gasteiger partial charge in [-0.15, -0.1) is 0 Å². The minimum absolute atomic E-state index is 0.118. The Morgan fingerprint density at radius 1 is 1.03 bits per heavy atom. The van der Waals surface area contributed by atoms with Crippen molar-refractivity contribution in [3.63, 3.8) is 0 Å². The Labute approximate surface area is 212 Å². The molecular formula is C26H23ClN4O5. The van der Waals surface area contributed by atoms with E-state index in [0.29, 0.717) is 10.8 Å². The molecule has 0 fully saturated rings. The maximum Gasteiger partial charge on any atom is 0.276 e. The second-order valence-corrected chi connectivity index (χ2v) is 8.66. The van der Waals surface area contributed by atoms with Gasteiger partial charge in [0.15, 0.2) is 12.4 Å². The number of ether oxygens (including phenoxy) is 2. The van der Waals surface area contributed by atoms with Gasteiger partial charge >= 0.3 is 0 Å². The molecule has 0 radical (unpaired) electrons. The molecule has 1 aromatic heterocycles. The number of nitrogens with one attached hydrogen (secondary N) is 1. The van der Waals surface area contributed by atoms with Gasteiger partial charge in [-0.1, -0.05) is 23.7 Å². The van der Waals surface area contributed by atoms with E-state index in [1.165, 1.54) is 28.9 Å². The third kappa shape index (κ3) is 6.00. The quantitative estimate of drug-likeness (QED) is 0.217. The number of nitrogens with zero attached hydrogens (tertiary/aromatic N) is 3. The zero-order valence-electron chi connectivity index (χ0n) is 19.8. The first kappa shape index (κ1) is 24.7. The summed E-state index contributed by atoms with van der Waals surface area (Å²) >= 11 is 5.99. The Bertz CT molecular complexity index is 1450. The fourth-order valence-electron chi connectivity index (χ4n) is 3.42. The number of nitro benzene ring substituents is 1. The second-order valence-electron chi connectivity index (χ2n) is 8.22. The number of carbonyl (C=O) groups excluding carboxylic acids is 1. The van der Waals surface area contributed by atoms with Crippen molar-refractivity contribution in [2.45, 2.75) is 27.5 Å². The Balaban J connectivity index is 1.48. The summed E-state index contributed by atoms with van der Waals surface area (Å²) in [4.78, 5) is 23.7. The maximum atomic E-state index is 12.8. The summed E-state index contributed by atoms with van der Waals surface area (Å²) < 4.78 is 13.1. The number of non-ortho nitro benzene ring substituents is 1. The van der Waals surface area contributed by atoms with Gasteiger partial charge < -0.3 is 14.8 Å². The van der Waals surface area contributed by atoms with Crippen LogP contribution in [0.1, 0.15) is 27.2 Å². The zero-order valence-corrected chi connectivity index (χ0v) is 20.6. The molecule has 0 saturated heterocycles. The van der Waals surface area contributed by atoms with Crippen molar-refractivity contribution in [3.05, 3.63) is 104 Å². The standard InChI is InChI=1S/C26H23ClN4O5/c1-16-4-5-17(2)25(10-16)35-15-30-9-8-23(29-30)26(32)28-20-12-21(31(33)34)14-22(13-20)36-24-7-6-19(27)11-18(24)3/h4-14H,15H2,1-3H3,(H,28,32). The minimum atomic E-state index is -0.559. The van der Waals surface area contributed by atoms with Crippen molar-refractivity contribution in [1.82, 2.24) is 9.78 Å². The molecule has 0 unspecified atom stereocenters. The highest BCUT2D eigenvalue weighted by Gasteiger charge is 2.16. The van der Waals surface area contributed by atoms with Crippen molar-refractivity contribution in [2.24, 2.45) is 0 Å². The first-order valence-corrected chi connectivity index (χ1v) is 11.3. The molecule has 1 heterocycles. The van der Waals surface area contributed by atoms with Crippen LogP contribution in [0.4, 0.5) is 11.4 Å². The fraction of sp³-hybridized carbons (Fsp3) is 0.154. The number of benzene rings is 3. The van der Waals surface area contributed by atoms with E-state index in [1.807, 2.05) is 39.0 Å². The number of aromatic nitrogens is 2. The molecule has 0 spiro atoms. The predicted molar refractivity (Wildman–Crippen MR) is 136 cm³/mol. The molecule has 0 atom stereocenters. The molecule has 0 aliphatic rings. The SMILES string of the molecule is Cc1ccc(C)c(OCn2ccc(C(=O)Nc3cc(Oc4ccc(Cl)cc4C)cc([N+](=O)[O-])c3)n2)c1. The summed E-state index contributed by atoms with van der Waals surface area (Å²) in [5.41, 5.74) is 2.90. The van der Waals surface area contributed by atoms with E-state index in [1.54, 1.807) is 24.4 Å². The van der Waals surface area contributed by atoms with Gasteiger partial charge in [0, 0.05) is 23.4 Å². The molecule has 4 aromatic rings. The molecule has 36 heavy (non-hydrogen) atoms. The van der Waals surface area contributed by atoms with Gasteiger partial charge in [0.05, 0.1) is 16.7 Å². The van der Waals surface area contributed by atoms with Gasteiger partial charge in [-0.2, -0.15) is 5.10 Å². The molecule has 4 rings (SSSR count). The first-order chi connectivity index (χ1) is 17.2. The van der Waals surface area contributed by atoms with Gasteiger partial charge in [-0.3, -0.25) is 14.9 Å². The number of hydrogen-bond acceptors (Lipinski definition) is 6. The summed E-state index contributed by atoms with van der Waals surface area (Å²) in [7, 11) is 0. The average Bonchev–Trinajstić information content (AvgIpc) is 3.31. The van der Waals surface area contributed by atoms with Crippen LogP contribution in [0.3, 0.4) is 0 Å². The Kier molecular flexibility index (Phi) is 7.21. The number of hydrogen-bond donors (Lipinski definition) is 1. The molecule has 1 N–H and O–H groups in total. The third-order valence-corrected chi connectivity index (χ3v) is 5.53. The van der Waals surface area contributed by atoms with Crippen LogP contribution in [0.25, 0.3) is 0 Å². The number of nitro groups is 1. The van der Waals surface area contributed by atoms with Crippen LogP contribution in [0.15, 0.2) is 66.9 Å². The van der Waals surface area contributed by atoms with E-state index >= 15 is 0 Å². The van der Waals surface area contributed by atoms with E-state index in [4.69, 9.17) is 21.1 Å². The maximum absolute atomic E-state index is 12.8. The number of anilines is 1. The van der Waals surface area contributed by atoms with E-state index in [2.05, 4.69) is 10.4 Å². The molecule has 0 aliphatic carbocycles. The molecule has 0 bridgehead atoms. The highest BCUT2D eigenvalue weighted by molar-refractivity contribution is 6.30. The summed E-state index contributed by atoms with van der Waals surface area (Å²) in [6.45, 7) is 5.85. The fourth-order valence-corrected chi connectivity index (χ4v) is 3.65. The van der Waals surface area contributed by atoms with Crippen LogP contribution >= 0.6 is 11.6 Å². The number of halogens is 1. The zero-order chi connectivity index (χ0) is 25.8.